The maximum atomic E-state index is 12.3. The summed E-state index contributed by atoms with van der Waals surface area (Å²) < 4.78 is 6.49. The van der Waals surface area contributed by atoms with Crippen LogP contribution in [-0.2, 0) is 16.1 Å². The number of esters is 1. The van der Waals surface area contributed by atoms with E-state index in [0.717, 1.165) is 10.4 Å². The fraction of sp³-hybridized carbons (Fsp3) is 0.167. The number of hydrogen-bond acceptors (Lipinski definition) is 9. The number of imidazole rings is 1. The zero-order valence-electron chi connectivity index (χ0n) is 15.3. The van der Waals surface area contributed by atoms with Crippen LogP contribution in [0.4, 0.5) is 0 Å². The van der Waals surface area contributed by atoms with Crippen molar-refractivity contribution in [2.75, 3.05) is 12.9 Å². The number of methoxy groups -OCH3 is 1. The number of hydrogen-bond donors (Lipinski definition) is 2. The standard InChI is InChI=1S/C18H16N6O3S2/c1-27-17(26)15(16-19-12-6-2-3-7-13(12)20-16)14(25)10-29-18-21-22-23-24(18)9-11-5-4-8-28-11/h2-8,25H,9-10H2,1H3,(H,19,20). The maximum absolute atomic E-state index is 12.3. The first-order chi connectivity index (χ1) is 14.2. The van der Waals surface area contributed by atoms with Crippen LogP contribution < -0.4 is 0 Å². The first-order valence-electron chi connectivity index (χ1n) is 8.52. The summed E-state index contributed by atoms with van der Waals surface area (Å²) in [5.74, 6) is -0.534. The topological polar surface area (TPSA) is 119 Å². The lowest BCUT2D eigenvalue weighted by Crippen LogP contribution is -2.10. The number of para-hydroxylation sites is 2. The molecule has 148 valence electrons. The summed E-state index contributed by atoms with van der Waals surface area (Å²) in [4.78, 5) is 20.9. The molecule has 0 spiro atoms. The Morgan fingerprint density at radius 3 is 2.93 bits per heavy atom. The van der Waals surface area contributed by atoms with E-state index < -0.39 is 5.97 Å². The summed E-state index contributed by atoms with van der Waals surface area (Å²) in [5, 5.41) is 24.9. The minimum Gasteiger partial charge on any atom is -0.510 e. The first-order valence-corrected chi connectivity index (χ1v) is 10.4. The van der Waals surface area contributed by atoms with E-state index in [1.165, 1.54) is 18.9 Å². The van der Waals surface area contributed by atoms with Crippen molar-refractivity contribution < 1.29 is 14.6 Å². The van der Waals surface area contributed by atoms with E-state index in [1.807, 2.05) is 41.8 Å². The number of H-pyrrole nitrogens is 1. The second kappa shape index (κ2) is 8.45. The molecule has 3 heterocycles. The maximum Gasteiger partial charge on any atom is 0.345 e. The molecule has 0 radical (unpaired) electrons. The Morgan fingerprint density at radius 1 is 1.31 bits per heavy atom. The van der Waals surface area contributed by atoms with Gasteiger partial charge in [-0.15, -0.1) is 16.4 Å². The van der Waals surface area contributed by atoms with E-state index in [4.69, 9.17) is 4.74 Å². The smallest absolute Gasteiger partial charge is 0.345 e. The van der Waals surface area contributed by atoms with Crippen LogP contribution in [0, 0.1) is 0 Å². The summed E-state index contributed by atoms with van der Waals surface area (Å²) in [5.41, 5.74) is 1.42. The highest BCUT2D eigenvalue weighted by Gasteiger charge is 2.23. The van der Waals surface area contributed by atoms with Gasteiger partial charge in [-0.1, -0.05) is 30.0 Å². The monoisotopic (exact) mass is 428 g/mol. The van der Waals surface area contributed by atoms with E-state index >= 15 is 0 Å². The fourth-order valence-corrected chi connectivity index (χ4v) is 4.12. The molecule has 0 atom stereocenters. The molecule has 0 saturated carbocycles. The molecule has 3 aromatic heterocycles. The van der Waals surface area contributed by atoms with Crippen molar-refractivity contribution in [2.45, 2.75) is 11.7 Å². The van der Waals surface area contributed by atoms with Crippen molar-refractivity contribution in [3.8, 4) is 0 Å². The Balaban J connectivity index is 1.58. The number of aliphatic hydroxyl groups excluding tert-OH is 1. The highest BCUT2D eigenvalue weighted by molar-refractivity contribution is 7.99. The Kier molecular flexibility index (Phi) is 5.58. The fourth-order valence-electron chi connectivity index (χ4n) is 2.68. The zero-order chi connectivity index (χ0) is 20.2. The molecular formula is C18H16N6O3S2. The summed E-state index contributed by atoms with van der Waals surface area (Å²) in [7, 11) is 1.26. The minimum absolute atomic E-state index is 0.0199. The van der Waals surface area contributed by atoms with E-state index in [2.05, 4.69) is 25.5 Å². The summed E-state index contributed by atoms with van der Waals surface area (Å²) >= 11 is 2.82. The molecule has 0 aliphatic heterocycles. The van der Waals surface area contributed by atoms with Crippen molar-refractivity contribution in [3.05, 3.63) is 58.2 Å². The van der Waals surface area contributed by atoms with Crippen molar-refractivity contribution >= 4 is 45.7 Å². The molecule has 0 unspecified atom stereocenters. The number of carbonyl (C=O) groups excluding carboxylic acids is 1. The van der Waals surface area contributed by atoms with Gasteiger partial charge in [0.05, 0.1) is 30.4 Å². The van der Waals surface area contributed by atoms with Gasteiger partial charge in [0.15, 0.2) is 0 Å². The predicted octanol–water partition coefficient (Wildman–Crippen LogP) is 2.89. The van der Waals surface area contributed by atoms with Crippen LogP contribution in [0.25, 0.3) is 16.6 Å². The second-order valence-corrected chi connectivity index (χ2v) is 7.88. The lowest BCUT2D eigenvalue weighted by molar-refractivity contribution is -0.133. The number of aromatic amines is 1. The van der Waals surface area contributed by atoms with Crippen LogP contribution in [0.3, 0.4) is 0 Å². The number of thioether (sulfide) groups is 1. The normalized spacial score (nSPS) is 12.2. The van der Waals surface area contributed by atoms with Gasteiger partial charge in [-0.2, -0.15) is 0 Å². The molecule has 0 fully saturated rings. The molecule has 4 aromatic rings. The molecule has 0 bridgehead atoms. The molecule has 29 heavy (non-hydrogen) atoms. The summed E-state index contributed by atoms with van der Waals surface area (Å²) in [6, 6.07) is 11.3. The van der Waals surface area contributed by atoms with Crippen LogP contribution in [0.2, 0.25) is 0 Å². The number of fused-ring (bicyclic) bond motifs is 1. The number of aliphatic hydroxyl groups is 1. The van der Waals surface area contributed by atoms with E-state index in [1.54, 1.807) is 16.0 Å². The van der Waals surface area contributed by atoms with Gasteiger partial charge in [-0.25, -0.2) is 14.5 Å². The van der Waals surface area contributed by atoms with Gasteiger partial charge in [0.2, 0.25) is 5.16 Å². The molecule has 2 N–H and O–H groups in total. The molecule has 11 heteroatoms. The van der Waals surface area contributed by atoms with Gasteiger partial charge < -0.3 is 14.8 Å². The third-order valence-electron chi connectivity index (χ3n) is 4.03. The average molecular weight is 428 g/mol. The van der Waals surface area contributed by atoms with E-state index in [0.29, 0.717) is 17.2 Å². The molecule has 0 aliphatic carbocycles. The number of nitrogens with zero attached hydrogens (tertiary/aromatic N) is 5. The lowest BCUT2D eigenvalue weighted by Gasteiger charge is -2.07. The third-order valence-corrected chi connectivity index (χ3v) is 5.86. The van der Waals surface area contributed by atoms with E-state index in [-0.39, 0.29) is 22.9 Å². The first kappa shape index (κ1) is 19.2. The minimum atomic E-state index is -0.680. The van der Waals surface area contributed by atoms with E-state index in [9.17, 15) is 9.90 Å². The van der Waals surface area contributed by atoms with Gasteiger partial charge in [0.1, 0.15) is 17.2 Å². The number of rotatable bonds is 7. The summed E-state index contributed by atoms with van der Waals surface area (Å²) in [6.07, 6.45) is 0. The number of thiophene rings is 1. The third kappa shape index (κ3) is 4.15. The Bertz CT molecular complexity index is 1130. The number of carbonyl (C=O) groups is 1. The molecule has 9 nitrogen and oxygen atoms in total. The largest absolute Gasteiger partial charge is 0.510 e. The number of benzene rings is 1. The van der Waals surface area contributed by atoms with Gasteiger partial charge in [0, 0.05) is 4.88 Å². The number of ether oxygens (including phenoxy) is 1. The summed E-state index contributed by atoms with van der Waals surface area (Å²) in [6.45, 7) is 0.533. The number of nitrogens with one attached hydrogen (secondary N) is 1. The molecule has 0 aliphatic rings. The van der Waals surface area contributed by atoms with Gasteiger partial charge in [-0.3, -0.25) is 0 Å². The van der Waals surface area contributed by atoms with Crippen LogP contribution >= 0.6 is 23.1 Å². The predicted molar refractivity (Wildman–Crippen MR) is 110 cm³/mol. The Morgan fingerprint density at radius 2 is 2.17 bits per heavy atom. The molecule has 1 aromatic carbocycles. The van der Waals surface area contributed by atoms with Crippen molar-refractivity contribution in [2.24, 2.45) is 0 Å². The van der Waals surface area contributed by atoms with Gasteiger partial charge in [0.25, 0.3) is 0 Å². The molecule has 0 amide bonds. The SMILES string of the molecule is COC(=O)C(=C(O)CSc1nnnn1Cc1cccs1)c1nc2ccccc2[nH]1. The number of tetrazole rings is 1. The lowest BCUT2D eigenvalue weighted by atomic mass is 10.2. The molecular weight excluding hydrogens is 412 g/mol. The highest BCUT2D eigenvalue weighted by atomic mass is 32.2. The Hall–Kier alpha value is -3.18. The van der Waals surface area contributed by atoms with Crippen LogP contribution in [0.5, 0.6) is 0 Å². The molecule has 0 saturated heterocycles. The van der Waals surface area contributed by atoms with Crippen molar-refractivity contribution in [1.29, 1.82) is 0 Å². The van der Waals surface area contributed by atoms with Crippen LogP contribution in [0.15, 0.2) is 52.7 Å². The highest BCUT2D eigenvalue weighted by Crippen LogP contribution is 2.25. The van der Waals surface area contributed by atoms with Crippen LogP contribution in [0.1, 0.15) is 10.7 Å². The van der Waals surface area contributed by atoms with Gasteiger partial charge in [-0.05, 0) is 34.0 Å². The Labute approximate surface area is 173 Å². The zero-order valence-corrected chi connectivity index (χ0v) is 16.9. The van der Waals surface area contributed by atoms with Gasteiger partial charge >= 0.3 is 5.97 Å². The van der Waals surface area contributed by atoms with Crippen molar-refractivity contribution in [1.82, 2.24) is 30.2 Å². The number of aromatic nitrogens is 6. The average Bonchev–Trinajstić information content (AvgIpc) is 3.47. The quantitative estimate of drug-likeness (QED) is 0.200. The van der Waals surface area contributed by atoms with Crippen molar-refractivity contribution in [3.63, 3.8) is 0 Å². The second-order valence-electron chi connectivity index (χ2n) is 5.90. The van der Waals surface area contributed by atoms with Crippen LogP contribution in [-0.4, -0.2) is 54.1 Å². The molecule has 4 rings (SSSR count).